The van der Waals surface area contributed by atoms with Gasteiger partial charge in [-0.3, -0.25) is 9.69 Å². The number of nitrogens with one attached hydrogen (secondary N) is 1. The Balaban J connectivity index is 1.46. The second kappa shape index (κ2) is 5.75. The van der Waals surface area contributed by atoms with Gasteiger partial charge in [-0.2, -0.15) is 0 Å². The number of hydrogen-bond acceptors (Lipinski definition) is 5. The highest BCUT2D eigenvalue weighted by Gasteiger charge is 2.40. The van der Waals surface area contributed by atoms with E-state index in [4.69, 9.17) is 9.47 Å². The van der Waals surface area contributed by atoms with Crippen molar-refractivity contribution in [3.63, 3.8) is 0 Å². The minimum atomic E-state index is -0.383. The normalized spacial score (nSPS) is 27.9. The maximum absolute atomic E-state index is 12.3. The molecule has 0 aromatic rings. The van der Waals surface area contributed by atoms with E-state index >= 15 is 0 Å². The lowest BCUT2D eigenvalue weighted by molar-refractivity contribution is -0.187. The molecule has 0 atom stereocenters. The van der Waals surface area contributed by atoms with Crippen LogP contribution in [0.25, 0.3) is 0 Å². The van der Waals surface area contributed by atoms with Crippen molar-refractivity contribution in [2.24, 2.45) is 0 Å². The molecule has 1 spiro atoms. The van der Waals surface area contributed by atoms with Crippen LogP contribution in [0.3, 0.4) is 0 Å². The monoisotopic (exact) mass is 269 g/mol. The molecule has 3 heterocycles. The topological polar surface area (TPSA) is 54.0 Å². The van der Waals surface area contributed by atoms with Gasteiger partial charge in [-0.05, 0) is 0 Å². The summed E-state index contributed by atoms with van der Waals surface area (Å²) in [4.78, 5) is 16.4. The molecule has 3 saturated heterocycles. The number of hydrogen-bond donors (Lipinski definition) is 1. The second-order valence-electron chi connectivity index (χ2n) is 5.51. The van der Waals surface area contributed by atoms with Gasteiger partial charge in [-0.25, -0.2) is 0 Å². The summed E-state index contributed by atoms with van der Waals surface area (Å²) in [5, 5.41) is 3.30. The lowest BCUT2D eigenvalue weighted by Gasteiger charge is -2.38. The SMILES string of the molecule is O=C(CN1CCNCC1)N1CCC2(CC1)OCCO2. The van der Waals surface area contributed by atoms with Crippen LogP contribution in [0.4, 0.5) is 0 Å². The Labute approximate surface area is 114 Å². The number of nitrogens with zero attached hydrogens (tertiary/aromatic N) is 2. The minimum Gasteiger partial charge on any atom is -0.347 e. The molecule has 0 saturated carbocycles. The van der Waals surface area contributed by atoms with Gasteiger partial charge in [0.25, 0.3) is 0 Å². The number of ether oxygens (including phenoxy) is 2. The number of carbonyl (C=O) groups is 1. The molecule has 3 aliphatic heterocycles. The summed E-state index contributed by atoms with van der Waals surface area (Å²) in [5.74, 6) is -0.138. The predicted octanol–water partition coefficient (Wildman–Crippen LogP) is -0.743. The van der Waals surface area contributed by atoms with Crippen molar-refractivity contribution < 1.29 is 14.3 Å². The van der Waals surface area contributed by atoms with E-state index < -0.39 is 0 Å². The summed E-state index contributed by atoms with van der Waals surface area (Å²) in [5.41, 5.74) is 0. The van der Waals surface area contributed by atoms with Crippen LogP contribution in [0, 0.1) is 0 Å². The van der Waals surface area contributed by atoms with Crippen molar-refractivity contribution in [2.45, 2.75) is 18.6 Å². The third kappa shape index (κ3) is 3.08. The van der Waals surface area contributed by atoms with Gasteiger partial charge >= 0.3 is 0 Å². The van der Waals surface area contributed by atoms with Crippen molar-refractivity contribution in [2.75, 3.05) is 59.0 Å². The van der Waals surface area contributed by atoms with E-state index in [-0.39, 0.29) is 11.7 Å². The Hall–Kier alpha value is -0.690. The molecule has 3 rings (SSSR count). The van der Waals surface area contributed by atoms with Gasteiger partial charge in [0.15, 0.2) is 5.79 Å². The smallest absolute Gasteiger partial charge is 0.236 e. The molecule has 19 heavy (non-hydrogen) atoms. The molecule has 1 N–H and O–H groups in total. The highest BCUT2D eigenvalue weighted by molar-refractivity contribution is 5.78. The summed E-state index contributed by atoms with van der Waals surface area (Å²) in [7, 11) is 0. The van der Waals surface area contributed by atoms with Gasteiger partial charge in [0.2, 0.25) is 5.91 Å². The molecule has 0 aromatic heterocycles. The fraction of sp³-hybridized carbons (Fsp3) is 0.923. The summed E-state index contributed by atoms with van der Waals surface area (Å²) in [6.45, 7) is 7.34. The average Bonchev–Trinajstić information content (AvgIpc) is 2.89. The van der Waals surface area contributed by atoms with Gasteiger partial charge in [-0.1, -0.05) is 0 Å². The van der Waals surface area contributed by atoms with Gasteiger partial charge in [0, 0.05) is 52.1 Å². The maximum atomic E-state index is 12.3. The molecule has 0 aromatic carbocycles. The number of rotatable bonds is 2. The Kier molecular flexibility index (Phi) is 4.02. The molecule has 0 unspecified atom stereocenters. The van der Waals surface area contributed by atoms with Crippen molar-refractivity contribution in [1.82, 2.24) is 15.1 Å². The number of amides is 1. The number of piperazine rings is 1. The number of likely N-dealkylation sites (tertiary alicyclic amines) is 1. The fourth-order valence-electron chi connectivity index (χ4n) is 3.04. The summed E-state index contributed by atoms with van der Waals surface area (Å²) in [6.07, 6.45) is 1.61. The van der Waals surface area contributed by atoms with Crippen molar-refractivity contribution in [3.05, 3.63) is 0 Å². The zero-order valence-corrected chi connectivity index (χ0v) is 11.4. The third-order valence-corrected chi connectivity index (χ3v) is 4.26. The molecule has 108 valence electrons. The van der Waals surface area contributed by atoms with E-state index in [0.29, 0.717) is 19.8 Å². The molecule has 1 amide bonds. The fourth-order valence-corrected chi connectivity index (χ4v) is 3.04. The first-order valence-corrected chi connectivity index (χ1v) is 7.26. The van der Waals surface area contributed by atoms with Crippen molar-refractivity contribution in [3.8, 4) is 0 Å². The molecule has 0 radical (unpaired) electrons. The van der Waals surface area contributed by atoms with E-state index in [9.17, 15) is 4.79 Å². The molecular weight excluding hydrogens is 246 g/mol. The van der Waals surface area contributed by atoms with E-state index in [1.807, 2.05) is 4.90 Å². The summed E-state index contributed by atoms with van der Waals surface area (Å²) in [6, 6.07) is 0. The largest absolute Gasteiger partial charge is 0.347 e. The first-order chi connectivity index (χ1) is 9.27. The van der Waals surface area contributed by atoms with Crippen LogP contribution in [0.2, 0.25) is 0 Å². The third-order valence-electron chi connectivity index (χ3n) is 4.26. The van der Waals surface area contributed by atoms with Gasteiger partial charge in [0.1, 0.15) is 0 Å². The van der Waals surface area contributed by atoms with Gasteiger partial charge in [-0.15, -0.1) is 0 Å². The highest BCUT2D eigenvalue weighted by atomic mass is 16.7. The maximum Gasteiger partial charge on any atom is 0.236 e. The predicted molar refractivity (Wildman–Crippen MR) is 69.8 cm³/mol. The lowest BCUT2D eigenvalue weighted by atomic mass is 10.0. The molecule has 0 bridgehead atoms. The van der Waals surface area contributed by atoms with Gasteiger partial charge in [0.05, 0.1) is 19.8 Å². The molecule has 6 heteroatoms. The zero-order chi connectivity index (χ0) is 13.1. The Bertz CT molecular complexity index is 315. The molecule has 0 aliphatic carbocycles. The zero-order valence-electron chi connectivity index (χ0n) is 11.4. The Morgan fingerprint density at radius 1 is 1.05 bits per heavy atom. The van der Waals surface area contributed by atoms with E-state index in [2.05, 4.69) is 10.2 Å². The van der Waals surface area contributed by atoms with Crippen LogP contribution >= 0.6 is 0 Å². The van der Waals surface area contributed by atoms with Crippen LogP contribution in [-0.2, 0) is 14.3 Å². The minimum absolute atomic E-state index is 0.245. The summed E-state index contributed by atoms with van der Waals surface area (Å²) >= 11 is 0. The van der Waals surface area contributed by atoms with Crippen LogP contribution < -0.4 is 5.32 Å². The Morgan fingerprint density at radius 2 is 1.68 bits per heavy atom. The highest BCUT2D eigenvalue weighted by Crippen LogP contribution is 2.31. The number of piperidine rings is 1. The van der Waals surface area contributed by atoms with E-state index in [1.54, 1.807) is 0 Å². The van der Waals surface area contributed by atoms with Gasteiger partial charge < -0.3 is 19.7 Å². The molecule has 3 fully saturated rings. The lowest BCUT2D eigenvalue weighted by Crippen LogP contribution is -2.52. The molecule has 6 nitrogen and oxygen atoms in total. The summed E-state index contributed by atoms with van der Waals surface area (Å²) < 4.78 is 11.4. The second-order valence-corrected chi connectivity index (χ2v) is 5.51. The van der Waals surface area contributed by atoms with Crippen LogP contribution in [-0.4, -0.2) is 80.5 Å². The van der Waals surface area contributed by atoms with Crippen LogP contribution in [0.15, 0.2) is 0 Å². The first kappa shape index (κ1) is 13.3. The van der Waals surface area contributed by atoms with E-state index in [0.717, 1.165) is 52.1 Å². The standard InChI is InChI=1S/C13H23N3O3/c17-12(11-15-7-3-14-4-8-15)16-5-1-13(2-6-16)18-9-10-19-13/h14H,1-11H2. The average molecular weight is 269 g/mol. The molecule has 3 aliphatic rings. The molecular formula is C13H23N3O3. The van der Waals surface area contributed by atoms with Crippen molar-refractivity contribution >= 4 is 5.91 Å². The first-order valence-electron chi connectivity index (χ1n) is 7.26. The van der Waals surface area contributed by atoms with E-state index in [1.165, 1.54) is 0 Å². The quantitative estimate of drug-likeness (QED) is 0.715. The number of carbonyl (C=O) groups excluding carboxylic acids is 1. The van der Waals surface area contributed by atoms with Crippen LogP contribution in [0.1, 0.15) is 12.8 Å². The van der Waals surface area contributed by atoms with Crippen molar-refractivity contribution in [1.29, 1.82) is 0 Å². The Morgan fingerprint density at radius 3 is 2.32 bits per heavy atom. The van der Waals surface area contributed by atoms with Crippen LogP contribution in [0.5, 0.6) is 0 Å².